The van der Waals surface area contributed by atoms with Crippen LogP contribution in [-0.2, 0) is 6.54 Å². The van der Waals surface area contributed by atoms with Gasteiger partial charge in [-0.15, -0.1) is 11.8 Å². The molecule has 1 fully saturated rings. The number of aliphatic hydroxyl groups excluding tert-OH is 1. The van der Waals surface area contributed by atoms with E-state index >= 15 is 0 Å². The van der Waals surface area contributed by atoms with Crippen LogP contribution in [0.5, 0.6) is 0 Å². The predicted molar refractivity (Wildman–Crippen MR) is 82.8 cm³/mol. The van der Waals surface area contributed by atoms with Gasteiger partial charge in [-0.1, -0.05) is 6.07 Å². The Hall–Kier alpha value is -0.710. The molecule has 3 nitrogen and oxygen atoms in total. The van der Waals surface area contributed by atoms with Gasteiger partial charge in [0.05, 0.1) is 0 Å². The Morgan fingerprint density at radius 3 is 3.00 bits per heavy atom. The molecular weight excluding hydrogens is 256 g/mol. The van der Waals surface area contributed by atoms with E-state index in [4.69, 9.17) is 10.8 Å². The van der Waals surface area contributed by atoms with Crippen molar-refractivity contribution in [2.45, 2.75) is 30.7 Å². The average Bonchev–Trinajstić information content (AvgIpc) is 2.47. The normalized spacial score (nSPS) is 19.7. The van der Waals surface area contributed by atoms with Crippen molar-refractivity contribution in [3.8, 4) is 0 Å². The lowest BCUT2D eigenvalue weighted by Gasteiger charge is -2.35. The molecule has 1 aromatic carbocycles. The van der Waals surface area contributed by atoms with Gasteiger partial charge in [0.2, 0.25) is 0 Å². The van der Waals surface area contributed by atoms with Crippen molar-refractivity contribution in [3.63, 3.8) is 0 Å². The fourth-order valence-corrected chi connectivity index (χ4v) is 3.60. The minimum absolute atomic E-state index is 0.299. The summed E-state index contributed by atoms with van der Waals surface area (Å²) in [5, 5.41) is 9.12. The molecule has 1 unspecified atom stereocenters. The van der Waals surface area contributed by atoms with Crippen LogP contribution in [0.15, 0.2) is 23.1 Å². The molecule has 3 N–H and O–H groups in total. The third-order valence-electron chi connectivity index (χ3n) is 3.93. The summed E-state index contributed by atoms with van der Waals surface area (Å²) < 4.78 is 0. The second-order valence-electron chi connectivity index (χ2n) is 5.13. The van der Waals surface area contributed by atoms with Crippen LogP contribution in [0.1, 0.15) is 24.8 Å². The standard InChI is InChI=1S/C15H24N2OS/c1-19-15-6-2-5-14(13(15)10-16)17-8-3-4-12(11-17)7-9-18/h2,5-6,12,18H,3-4,7-11,16H2,1H3. The van der Waals surface area contributed by atoms with E-state index in [1.165, 1.54) is 29.0 Å². The van der Waals surface area contributed by atoms with Crippen molar-refractivity contribution in [1.82, 2.24) is 0 Å². The first-order valence-corrected chi connectivity index (χ1v) is 8.24. The zero-order valence-electron chi connectivity index (χ0n) is 11.6. The van der Waals surface area contributed by atoms with Crippen molar-refractivity contribution >= 4 is 17.4 Å². The second-order valence-corrected chi connectivity index (χ2v) is 5.98. The van der Waals surface area contributed by atoms with Gasteiger partial charge in [0.15, 0.2) is 0 Å². The minimum atomic E-state index is 0.299. The Kier molecular flexibility index (Phi) is 5.55. The predicted octanol–water partition coefficient (Wildman–Crippen LogP) is 2.47. The van der Waals surface area contributed by atoms with E-state index in [2.05, 4.69) is 29.4 Å². The Balaban J connectivity index is 2.20. The van der Waals surface area contributed by atoms with Crippen LogP contribution in [-0.4, -0.2) is 31.1 Å². The molecule has 0 bridgehead atoms. The van der Waals surface area contributed by atoms with Gasteiger partial charge in [0.1, 0.15) is 0 Å². The molecule has 0 spiro atoms. The Morgan fingerprint density at radius 2 is 2.32 bits per heavy atom. The van der Waals surface area contributed by atoms with E-state index in [1.807, 2.05) is 0 Å². The first-order chi connectivity index (χ1) is 9.30. The summed E-state index contributed by atoms with van der Waals surface area (Å²) in [7, 11) is 0. The molecule has 1 aliphatic heterocycles. The molecule has 0 saturated carbocycles. The van der Waals surface area contributed by atoms with Gasteiger partial charge in [-0.3, -0.25) is 0 Å². The molecule has 106 valence electrons. The molecule has 0 radical (unpaired) electrons. The van der Waals surface area contributed by atoms with E-state index in [1.54, 1.807) is 11.8 Å². The zero-order chi connectivity index (χ0) is 13.7. The molecule has 19 heavy (non-hydrogen) atoms. The van der Waals surface area contributed by atoms with Crippen LogP contribution in [0, 0.1) is 5.92 Å². The molecule has 0 aliphatic carbocycles. The highest BCUT2D eigenvalue weighted by Gasteiger charge is 2.21. The van der Waals surface area contributed by atoms with Gasteiger partial charge in [0, 0.05) is 42.4 Å². The third kappa shape index (κ3) is 3.44. The van der Waals surface area contributed by atoms with E-state index in [9.17, 15) is 0 Å². The summed E-state index contributed by atoms with van der Waals surface area (Å²) in [5.41, 5.74) is 8.50. The van der Waals surface area contributed by atoms with Crippen molar-refractivity contribution in [2.24, 2.45) is 11.7 Å². The zero-order valence-corrected chi connectivity index (χ0v) is 12.5. The van der Waals surface area contributed by atoms with Crippen LogP contribution >= 0.6 is 11.8 Å². The lowest BCUT2D eigenvalue weighted by atomic mass is 9.94. The monoisotopic (exact) mass is 280 g/mol. The molecule has 1 saturated heterocycles. The van der Waals surface area contributed by atoms with Crippen LogP contribution in [0.25, 0.3) is 0 Å². The smallest absolute Gasteiger partial charge is 0.0434 e. The fraction of sp³-hybridized carbons (Fsp3) is 0.600. The number of aliphatic hydroxyl groups is 1. The van der Waals surface area contributed by atoms with Gasteiger partial charge in [-0.25, -0.2) is 0 Å². The number of benzene rings is 1. The lowest BCUT2D eigenvalue weighted by molar-refractivity contribution is 0.244. The maximum atomic E-state index is 9.12. The molecular formula is C15H24N2OS. The average molecular weight is 280 g/mol. The van der Waals surface area contributed by atoms with Gasteiger partial charge < -0.3 is 15.7 Å². The van der Waals surface area contributed by atoms with Crippen molar-refractivity contribution < 1.29 is 5.11 Å². The summed E-state index contributed by atoms with van der Waals surface area (Å²) in [5.74, 6) is 0.613. The number of thioether (sulfide) groups is 1. The fourth-order valence-electron chi connectivity index (χ4n) is 2.95. The molecule has 4 heteroatoms. The largest absolute Gasteiger partial charge is 0.396 e. The molecule has 1 heterocycles. The molecule has 1 aromatic rings. The summed E-state index contributed by atoms with van der Waals surface area (Å²) in [6.45, 7) is 3.04. The first-order valence-electron chi connectivity index (χ1n) is 7.02. The van der Waals surface area contributed by atoms with E-state index in [0.29, 0.717) is 19.1 Å². The number of nitrogens with zero attached hydrogens (tertiary/aromatic N) is 1. The summed E-state index contributed by atoms with van der Waals surface area (Å²) >= 11 is 1.76. The van der Waals surface area contributed by atoms with Crippen molar-refractivity contribution in [2.75, 3.05) is 30.9 Å². The maximum absolute atomic E-state index is 9.12. The van der Waals surface area contributed by atoms with Crippen LogP contribution in [0.4, 0.5) is 5.69 Å². The number of piperidine rings is 1. The molecule has 2 rings (SSSR count). The highest BCUT2D eigenvalue weighted by atomic mass is 32.2. The SMILES string of the molecule is CSc1cccc(N2CCCC(CCO)C2)c1CN. The number of anilines is 1. The van der Waals surface area contributed by atoms with Crippen molar-refractivity contribution in [1.29, 1.82) is 0 Å². The van der Waals surface area contributed by atoms with Crippen LogP contribution in [0.2, 0.25) is 0 Å². The molecule has 0 aromatic heterocycles. The number of hydrogen-bond donors (Lipinski definition) is 2. The summed E-state index contributed by atoms with van der Waals surface area (Å²) in [6.07, 6.45) is 5.45. The molecule has 0 amide bonds. The van der Waals surface area contributed by atoms with Gasteiger partial charge >= 0.3 is 0 Å². The Morgan fingerprint density at radius 1 is 1.47 bits per heavy atom. The number of nitrogens with two attached hydrogens (primary N) is 1. The number of rotatable bonds is 5. The third-order valence-corrected chi connectivity index (χ3v) is 4.75. The molecule has 1 aliphatic rings. The molecule has 1 atom stereocenters. The highest BCUT2D eigenvalue weighted by molar-refractivity contribution is 7.98. The summed E-state index contributed by atoms with van der Waals surface area (Å²) in [4.78, 5) is 3.73. The van der Waals surface area contributed by atoms with E-state index < -0.39 is 0 Å². The van der Waals surface area contributed by atoms with Crippen molar-refractivity contribution in [3.05, 3.63) is 23.8 Å². The van der Waals surface area contributed by atoms with Gasteiger partial charge in [-0.05, 0) is 43.6 Å². The summed E-state index contributed by atoms with van der Waals surface area (Å²) in [6, 6.07) is 6.45. The van der Waals surface area contributed by atoms with Gasteiger partial charge in [-0.2, -0.15) is 0 Å². The maximum Gasteiger partial charge on any atom is 0.0434 e. The topological polar surface area (TPSA) is 49.5 Å². The van der Waals surface area contributed by atoms with E-state index in [-0.39, 0.29) is 0 Å². The Labute approximate surface area is 120 Å². The lowest BCUT2D eigenvalue weighted by Crippen LogP contribution is -2.36. The number of hydrogen-bond acceptors (Lipinski definition) is 4. The van der Waals surface area contributed by atoms with E-state index in [0.717, 1.165) is 19.5 Å². The first kappa shape index (κ1) is 14.7. The second kappa shape index (κ2) is 7.17. The highest BCUT2D eigenvalue weighted by Crippen LogP contribution is 2.32. The quantitative estimate of drug-likeness (QED) is 0.814. The minimum Gasteiger partial charge on any atom is -0.396 e. The Bertz CT molecular complexity index is 409. The van der Waals surface area contributed by atoms with Crippen LogP contribution in [0.3, 0.4) is 0 Å². The van der Waals surface area contributed by atoms with Gasteiger partial charge in [0.25, 0.3) is 0 Å². The van der Waals surface area contributed by atoms with Crippen LogP contribution < -0.4 is 10.6 Å².